The van der Waals surface area contributed by atoms with Gasteiger partial charge in [0.1, 0.15) is 5.75 Å². The Morgan fingerprint density at radius 2 is 1.40 bits per heavy atom. The molecule has 8 rings (SSSR count). The summed E-state index contributed by atoms with van der Waals surface area (Å²) in [4.78, 5) is 30.8. The molecule has 0 bridgehead atoms. The maximum absolute atomic E-state index is 14.8. The lowest BCUT2D eigenvalue weighted by Crippen LogP contribution is -2.66. The lowest BCUT2D eigenvalue weighted by molar-refractivity contribution is -0.122. The lowest BCUT2D eigenvalue weighted by Gasteiger charge is -2.46. The van der Waals surface area contributed by atoms with Gasteiger partial charge in [-0.25, -0.2) is 0 Å². The Labute approximate surface area is 367 Å². The Bertz CT molecular complexity index is 2420. The minimum absolute atomic E-state index is 0.212. The van der Waals surface area contributed by atoms with Crippen LogP contribution in [-0.4, -0.2) is 50.1 Å². The highest BCUT2D eigenvalue weighted by Gasteiger charge is 2.58. The van der Waals surface area contributed by atoms with E-state index in [1.54, 1.807) is 0 Å². The Morgan fingerprint density at radius 1 is 0.839 bits per heavy atom. The zero-order valence-corrected chi connectivity index (χ0v) is 37.6. The van der Waals surface area contributed by atoms with E-state index in [0.29, 0.717) is 30.7 Å². The van der Waals surface area contributed by atoms with Crippen molar-refractivity contribution in [1.82, 2.24) is 0 Å². The van der Waals surface area contributed by atoms with E-state index >= 15 is 0 Å². The Kier molecular flexibility index (Phi) is 12.3. The molecule has 2 heterocycles. The number of aromatic hydroxyl groups is 1. The third-order valence-electron chi connectivity index (χ3n) is 13.1. The number of nitrogens with zero attached hydrogens (tertiary/aromatic N) is 1. The van der Waals surface area contributed by atoms with Crippen LogP contribution in [0, 0.1) is 31.6 Å². The normalized spacial score (nSPS) is 20.7. The van der Waals surface area contributed by atoms with Crippen molar-refractivity contribution in [1.29, 1.82) is 0 Å². The van der Waals surface area contributed by atoms with Gasteiger partial charge in [-0.1, -0.05) is 111 Å². The molecule has 4 atom stereocenters. The summed E-state index contributed by atoms with van der Waals surface area (Å²) in [5, 5.41) is 27.2. The van der Waals surface area contributed by atoms with E-state index in [4.69, 9.17) is 9.08 Å². The van der Waals surface area contributed by atoms with E-state index in [0.717, 1.165) is 55.2 Å². The molecular formula is C52H57BN2O6Si. The molecule has 0 unspecified atom stereocenters. The minimum atomic E-state index is -3.00. The van der Waals surface area contributed by atoms with E-state index < -0.39 is 39.3 Å². The number of amides is 2. The molecule has 5 aromatic carbocycles. The number of hydrogen-bond acceptors (Lipinski definition) is 7. The Balaban J connectivity index is 1.16. The Morgan fingerprint density at radius 3 is 1.98 bits per heavy atom. The molecule has 2 amide bonds. The molecule has 5 aromatic rings. The summed E-state index contributed by atoms with van der Waals surface area (Å²) in [5.74, 6) is -1.81. The van der Waals surface area contributed by atoms with Crippen LogP contribution in [-0.2, 0) is 18.7 Å². The van der Waals surface area contributed by atoms with Crippen LogP contribution >= 0.6 is 0 Å². The highest BCUT2D eigenvalue weighted by atomic mass is 28.4. The van der Waals surface area contributed by atoms with Gasteiger partial charge in [0, 0.05) is 11.4 Å². The second kappa shape index (κ2) is 17.7. The number of hydrogen-bond donors (Lipinski definition) is 3. The van der Waals surface area contributed by atoms with Gasteiger partial charge in [0.2, 0.25) is 11.8 Å². The molecule has 2 fully saturated rings. The second-order valence-corrected chi connectivity index (χ2v) is 22.7. The van der Waals surface area contributed by atoms with Crippen LogP contribution in [0.3, 0.4) is 0 Å². The number of phenolic OH excluding ortho intramolecular Hbond substituents is 1. The monoisotopic (exact) mass is 844 g/mol. The fourth-order valence-corrected chi connectivity index (χ4v) is 14.8. The SMILES string of the molecule is C/C(=C\c1cc(C)c(O)c(C)c1)CC[C@H]1OB(O)C[C@H]2C1=C(CO[Si](c1ccccc1)(c1ccccc1)C(C)(C)C)C[C@H]1C(=O)N(c3ccc(Nc4ccccc4)cc3)C(=O)[C@H]12. The first-order valence-corrected chi connectivity index (χ1v) is 23.7. The van der Waals surface area contributed by atoms with E-state index in [9.17, 15) is 19.7 Å². The number of nitrogens with one attached hydrogen (secondary N) is 1. The number of fused-ring (bicyclic) bond motifs is 3. The fraction of sp³-hybridized carbons (Fsp3) is 0.308. The third kappa shape index (κ3) is 8.37. The fourth-order valence-electron chi connectivity index (χ4n) is 10.3. The standard InChI is InChI=1S/C52H57BN2O6Si/c1-34(28-37-29-35(2)49(56)36(3)30-37)22-27-46-47-38(33-60-62(52(4,5)6,42-18-12-8-13-19-42)43-20-14-9-15-21-43)31-44-48(45(47)32-53(59)61-46)51(58)55(50(44)57)41-25-23-40(24-26-41)54-39-16-10-7-11-17-39/h7-21,23-26,28-30,44-46,48,54,56,59H,22,27,31-33H2,1-6H3/b34-28+/t44-,45+,46-,48-/m1/s1. The van der Waals surface area contributed by atoms with Crippen molar-refractivity contribution in [3.05, 3.63) is 161 Å². The summed E-state index contributed by atoms with van der Waals surface area (Å²) >= 11 is 0. The zero-order chi connectivity index (χ0) is 43.8. The highest BCUT2D eigenvalue weighted by Crippen LogP contribution is 2.52. The van der Waals surface area contributed by atoms with E-state index in [1.165, 1.54) is 4.90 Å². The van der Waals surface area contributed by atoms with Gasteiger partial charge in [0.05, 0.1) is 30.2 Å². The molecule has 0 spiro atoms. The number of imide groups is 1. The number of benzene rings is 5. The first-order valence-electron chi connectivity index (χ1n) is 21.8. The van der Waals surface area contributed by atoms with Gasteiger partial charge in [0.25, 0.3) is 8.32 Å². The number of aryl methyl sites for hydroxylation is 2. The summed E-state index contributed by atoms with van der Waals surface area (Å²) in [7, 11) is -4.10. The van der Waals surface area contributed by atoms with E-state index in [1.807, 2.05) is 92.7 Å². The van der Waals surface area contributed by atoms with Crippen molar-refractivity contribution >= 4 is 60.8 Å². The predicted molar refractivity (Wildman–Crippen MR) is 252 cm³/mol. The van der Waals surface area contributed by atoms with Crippen LogP contribution in [0.4, 0.5) is 17.1 Å². The zero-order valence-electron chi connectivity index (χ0n) is 36.6. The molecule has 62 heavy (non-hydrogen) atoms. The number of rotatable bonds is 12. The minimum Gasteiger partial charge on any atom is -0.507 e. The van der Waals surface area contributed by atoms with Gasteiger partial charge < -0.3 is 24.5 Å². The Hall–Kier alpha value is -5.52. The van der Waals surface area contributed by atoms with E-state index in [2.05, 4.69) is 87.6 Å². The first kappa shape index (κ1) is 43.1. The molecule has 10 heteroatoms. The summed E-state index contributed by atoms with van der Waals surface area (Å²) in [5.41, 5.74) is 8.07. The predicted octanol–water partition coefficient (Wildman–Crippen LogP) is 9.51. The van der Waals surface area contributed by atoms with Crippen molar-refractivity contribution in [3.8, 4) is 5.75 Å². The molecule has 3 N–H and O–H groups in total. The van der Waals surface area contributed by atoms with Gasteiger partial charge in [0.15, 0.2) is 0 Å². The van der Waals surface area contributed by atoms with E-state index in [-0.39, 0.29) is 29.8 Å². The van der Waals surface area contributed by atoms with Crippen LogP contribution in [0.15, 0.2) is 144 Å². The van der Waals surface area contributed by atoms with Crippen LogP contribution in [0.1, 0.15) is 63.6 Å². The summed E-state index contributed by atoms with van der Waals surface area (Å²) < 4.78 is 14.0. The van der Waals surface area contributed by atoms with Gasteiger partial charge >= 0.3 is 7.12 Å². The van der Waals surface area contributed by atoms with Crippen LogP contribution in [0.5, 0.6) is 5.75 Å². The number of carbonyl (C=O) groups excluding carboxylic acids is 2. The quantitative estimate of drug-likeness (QED) is 0.0653. The summed E-state index contributed by atoms with van der Waals surface area (Å²) in [6, 6.07) is 42.3. The van der Waals surface area contributed by atoms with Crippen molar-refractivity contribution in [2.45, 2.75) is 78.3 Å². The number of allylic oxidation sites excluding steroid dienone is 1. The number of para-hydroxylation sites is 1. The van der Waals surface area contributed by atoms with Gasteiger partial charge in [-0.15, -0.1) is 0 Å². The lowest BCUT2D eigenvalue weighted by atomic mass is 9.58. The van der Waals surface area contributed by atoms with Crippen molar-refractivity contribution in [2.75, 3.05) is 16.8 Å². The average molecular weight is 845 g/mol. The second-order valence-electron chi connectivity index (χ2n) is 18.4. The molecule has 1 aliphatic carbocycles. The largest absolute Gasteiger partial charge is 0.507 e. The van der Waals surface area contributed by atoms with Crippen molar-refractivity contribution in [2.24, 2.45) is 17.8 Å². The highest BCUT2D eigenvalue weighted by molar-refractivity contribution is 6.99. The van der Waals surface area contributed by atoms with Gasteiger partial charge in [-0.05, 0) is 144 Å². The van der Waals surface area contributed by atoms with Crippen molar-refractivity contribution in [3.63, 3.8) is 0 Å². The molecule has 0 saturated carbocycles. The van der Waals surface area contributed by atoms with Gasteiger partial charge in [-0.2, -0.15) is 0 Å². The summed E-state index contributed by atoms with van der Waals surface area (Å²) in [6.07, 6.45) is 3.46. The smallest absolute Gasteiger partial charge is 0.455 e. The molecule has 318 valence electrons. The molecule has 0 radical (unpaired) electrons. The molecule has 3 aliphatic rings. The van der Waals surface area contributed by atoms with Crippen LogP contribution in [0.25, 0.3) is 6.08 Å². The first-order chi connectivity index (χ1) is 29.7. The molecule has 0 aromatic heterocycles. The third-order valence-corrected chi connectivity index (χ3v) is 18.1. The number of phenols is 1. The molecular weight excluding hydrogens is 787 g/mol. The van der Waals surface area contributed by atoms with Crippen molar-refractivity contribution < 1.29 is 28.8 Å². The molecule has 8 nitrogen and oxygen atoms in total. The van der Waals surface area contributed by atoms with Crippen LogP contribution < -0.4 is 20.6 Å². The molecule has 2 saturated heterocycles. The number of carbonyl (C=O) groups is 2. The van der Waals surface area contributed by atoms with Crippen LogP contribution in [0.2, 0.25) is 11.4 Å². The number of anilines is 3. The molecule has 2 aliphatic heterocycles. The average Bonchev–Trinajstić information content (AvgIpc) is 3.51. The maximum atomic E-state index is 14.8. The topological polar surface area (TPSA) is 108 Å². The summed E-state index contributed by atoms with van der Waals surface area (Å²) in [6.45, 7) is 12.9. The maximum Gasteiger partial charge on any atom is 0.455 e. The van der Waals surface area contributed by atoms with Gasteiger partial charge in [-0.3, -0.25) is 14.5 Å².